The quantitative estimate of drug-likeness (QED) is 0.744. The van der Waals surface area contributed by atoms with Crippen molar-refractivity contribution in [2.75, 3.05) is 19.6 Å². The van der Waals surface area contributed by atoms with Crippen LogP contribution in [0.4, 0.5) is 0 Å². The van der Waals surface area contributed by atoms with E-state index in [0.717, 1.165) is 25.9 Å². The van der Waals surface area contributed by atoms with Crippen LogP contribution in [0.5, 0.6) is 0 Å². The summed E-state index contributed by atoms with van der Waals surface area (Å²) in [5.41, 5.74) is 1.43. The first kappa shape index (κ1) is 16.0. The zero-order chi connectivity index (χ0) is 14.9. The molecule has 1 aromatic carbocycles. The van der Waals surface area contributed by atoms with Gasteiger partial charge in [0.05, 0.1) is 0 Å². The van der Waals surface area contributed by atoms with Gasteiger partial charge in [-0.1, -0.05) is 30.3 Å². The van der Waals surface area contributed by atoms with E-state index in [-0.39, 0.29) is 0 Å². The van der Waals surface area contributed by atoms with E-state index in [2.05, 4.69) is 35.2 Å². The molecule has 0 amide bonds. The Bertz CT molecular complexity index is 418. The van der Waals surface area contributed by atoms with Gasteiger partial charge in [0.2, 0.25) is 0 Å². The Morgan fingerprint density at radius 3 is 2.81 bits per heavy atom. The van der Waals surface area contributed by atoms with Crippen molar-refractivity contribution in [1.82, 2.24) is 4.90 Å². The molecular weight excluding hydrogens is 262 g/mol. The van der Waals surface area contributed by atoms with Crippen molar-refractivity contribution >= 4 is 5.97 Å². The van der Waals surface area contributed by atoms with Crippen molar-refractivity contribution < 1.29 is 9.90 Å². The smallest absolute Gasteiger partial charge is 0.303 e. The minimum atomic E-state index is -0.657. The van der Waals surface area contributed by atoms with Crippen molar-refractivity contribution in [1.29, 1.82) is 0 Å². The lowest BCUT2D eigenvalue weighted by Crippen LogP contribution is -2.36. The summed E-state index contributed by atoms with van der Waals surface area (Å²) in [7, 11) is 0. The van der Waals surface area contributed by atoms with Gasteiger partial charge in [0.15, 0.2) is 0 Å². The Morgan fingerprint density at radius 2 is 2.05 bits per heavy atom. The Morgan fingerprint density at radius 1 is 1.24 bits per heavy atom. The number of unbranched alkanes of at least 4 members (excludes halogenated alkanes) is 1. The maximum absolute atomic E-state index is 10.7. The van der Waals surface area contributed by atoms with Gasteiger partial charge in [-0.15, -0.1) is 0 Å². The van der Waals surface area contributed by atoms with Crippen LogP contribution in [0, 0.1) is 5.92 Å². The molecule has 1 aliphatic heterocycles. The average molecular weight is 289 g/mol. The SMILES string of the molecule is O=C(O)CCC1CCCN(CCCCc2ccccc2)C1. The van der Waals surface area contributed by atoms with Crippen LogP contribution in [-0.2, 0) is 11.2 Å². The van der Waals surface area contributed by atoms with Crippen LogP contribution in [-0.4, -0.2) is 35.6 Å². The Hall–Kier alpha value is -1.35. The van der Waals surface area contributed by atoms with Gasteiger partial charge in [0, 0.05) is 13.0 Å². The summed E-state index contributed by atoms with van der Waals surface area (Å²) in [6.07, 6.45) is 7.23. The van der Waals surface area contributed by atoms with Crippen LogP contribution in [0.1, 0.15) is 44.1 Å². The maximum Gasteiger partial charge on any atom is 0.303 e. The number of nitrogens with zero attached hydrogens (tertiary/aromatic N) is 1. The Balaban J connectivity index is 1.60. The highest BCUT2D eigenvalue weighted by Crippen LogP contribution is 2.21. The largest absolute Gasteiger partial charge is 0.481 e. The van der Waals surface area contributed by atoms with E-state index in [0.29, 0.717) is 12.3 Å². The molecule has 3 heteroatoms. The van der Waals surface area contributed by atoms with E-state index in [1.165, 1.54) is 37.8 Å². The van der Waals surface area contributed by atoms with E-state index in [1.807, 2.05) is 0 Å². The van der Waals surface area contributed by atoms with Gasteiger partial charge >= 0.3 is 5.97 Å². The number of carboxylic acid groups (broad SMARTS) is 1. The fourth-order valence-electron chi connectivity index (χ4n) is 3.23. The number of hydrogen-bond acceptors (Lipinski definition) is 2. The highest BCUT2D eigenvalue weighted by molar-refractivity contribution is 5.66. The number of hydrogen-bond donors (Lipinski definition) is 1. The molecule has 1 atom stereocenters. The standard InChI is InChI=1S/C18H27NO2/c20-18(21)12-11-17-10-6-14-19(15-17)13-5-4-9-16-7-2-1-3-8-16/h1-3,7-8,17H,4-6,9-15H2,(H,20,21). The van der Waals surface area contributed by atoms with Crippen molar-refractivity contribution in [3.05, 3.63) is 35.9 Å². The molecule has 0 aliphatic carbocycles. The molecule has 0 aromatic heterocycles. The average Bonchev–Trinajstić information content (AvgIpc) is 2.51. The summed E-state index contributed by atoms with van der Waals surface area (Å²) in [4.78, 5) is 13.2. The zero-order valence-electron chi connectivity index (χ0n) is 12.8. The van der Waals surface area contributed by atoms with Crippen molar-refractivity contribution in [2.24, 2.45) is 5.92 Å². The minimum Gasteiger partial charge on any atom is -0.481 e. The van der Waals surface area contributed by atoms with E-state index < -0.39 is 5.97 Å². The van der Waals surface area contributed by atoms with Crippen LogP contribution in [0.2, 0.25) is 0 Å². The summed E-state index contributed by atoms with van der Waals surface area (Å²) in [5.74, 6) is -0.0704. The van der Waals surface area contributed by atoms with Crippen LogP contribution < -0.4 is 0 Å². The highest BCUT2D eigenvalue weighted by Gasteiger charge is 2.19. The molecular formula is C18H27NO2. The van der Waals surface area contributed by atoms with E-state index in [1.54, 1.807) is 0 Å². The lowest BCUT2D eigenvalue weighted by Gasteiger charge is -2.32. The molecule has 3 nitrogen and oxygen atoms in total. The number of carboxylic acids is 1. The first-order valence-electron chi connectivity index (χ1n) is 8.22. The number of aliphatic carboxylic acids is 1. The molecule has 1 aromatic rings. The van der Waals surface area contributed by atoms with Crippen molar-refractivity contribution in [3.8, 4) is 0 Å². The molecule has 0 radical (unpaired) electrons. The predicted octanol–water partition coefficient (Wildman–Crippen LogP) is 3.59. The van der Waals surface area contributed by atoms with Crippen molar-refractivity contribution in [3.63, 3.8) is 0 Å². The summed E-state index contributed by atoms with van der Waals surface area (Å²) in [6, 6.07) is 10.7. The molecule has 116 valence electrons. The molecule has 1 aliphatic rings. The van der Waals surface area contributed by atoms with Crippen LogP contribution in [0.3, 0.4) is 0 Å². The van der Waals surface area contributed by atoms with E-state index >= 15 is 0 Å². The molecule has 1 heterocycles. The minimum absolute atomic E-state index is 0.326. The number of piperidine rings is 1. The maximum atomic E-state index is 10.7. The zero-order valence-corrected chi connectivity index (χ0v) is 12.8. The Labute approximate surface area is 128 Å². The van der Waals surface area contributed by atoms with Gasteiger partial charge in [-0.2, -0.15) is 0 Å². The lowest BCUT2D eigenvalue weighted by molar-refractivity contribution is -0.137. The second-order valence-corrected chi connectivity index (χ2v) is 6.18. The van der Waals surface area contributed by atoms with Crippen LogP contribution in [0.15, 0.2) is 30.3 Å². The molecule has 1 unspecified atom stereocenters. The lowest BCUT2D eigenvalue weighted by atomic mass is 9.93. The molecule has 2 rings (SSSR count). The van der Waals surface area contributed by atoms with Gasteiger partial charge < -0.3 is 10.0 Å². The van der Waals surface area contributed by atoms with Crippen LogP contribution in [0.25, 0.3) is 0 Å². The first-order chi connectivity index (χ1) is 10.2. The molecule has 1 N–H and O–H groups in total. The molecule has 0 spiro atoms. The molecule has 21 heavy (non-hydrogen) atoms. The number of rotatable bonds is 8. The topological polar surface area (TPSA) is 40.5 Å². The predicted molar refractivity (Wildman–Crippen MR) is 85.4 cm³/mol. The normalized spacial score (nSPS) is 19.5. The van der Waals surface area contributed by atoms with Gasteiger partial charge in [0.25, 0.3) is 0 Å². The second kappa shape index (κ2) is 8.83. The summed E-state index contributed by atoms with van der Waals surface area (Å²) < 4.78 is 0. The summed E-state index contributed by atoms with van der Waals surface area (Å²) in [6.45, 7) is 3.45. The number of carbonyl (C=O) groups is 1. The molecule has 0 saturated carbocycles. The Kier molecular flexibility index (Phi) is 6.74. The second-order valence-electron chi connectivity index (χ2n) is 6.18. The van der Waals surface area contributed by atoms with Gasteiger partial charge in [0.1, 0.15) is 0 Å². The number of likely N-dealkylation sites (tertiary alicyclic amines) is 1. The summed E-state index contributed by atoms with van der Waals surface area (Å²) >= 11 is 0. The molecule has 1 fully saturated rings. The van der Waals surface area contributed by atoms with E-state index in [4.69, 9.17) is 5.11 Å². The van der Waals surface area contributed by atoms with Gasteiger partial charge in [-0.25, -0.2) is 0 Å². The third-order valence-electron chi connectivity index (χ3n) is 4.40. The molecule has 1 saturated heterocycles. The van der Waals surface area contributed by atoms with Crippen LogP contribution >= 0.6 is 0 Å². The number of benzene rings is 1. The fraction of sp³-hybridized carbons (Fsp3) is 0.611. The van der Waals surface area contributed by atoms with E-state index in [9.17, 15) is 4.79 Å². The van der Waals surface area contributed by atoms with Gasteiger partial charge in [-0.3, -0.25) is 4.79 Å². The highest BCUT2D eigenvalue weighted by atomic mass is 16.4. The molecule has 0 bridgehead atoms. The number of aryl methyl sites for hydroxylation is 1. The summed E-state index contributed by atoms with van der Waals surface area (Å²) in [5, 5.41) is 8.78. The monoisotopic (exact) mass is 289 g/mol. The van der Waals surface area contributed by atoms with Gasteiger partial charge in [-0.05, 0) is 63.1 Å². The fourth-order valence-corrected chi connectivity index (χ4v) is 3.23. The third-order valence-corrected chi connectivity index (χ3v) is 4.40. The van der Waals surface area contributed by atoms with Crippen molar-refractivity contribution in [2.45, 2.75) is 44.9 Å². The first-order valence-corrected chi connectivity index (χ1v) is 8.22. The third kappa shape index (κ3) is 6.30.